The second kappa shape index (κ2) is 6.68. The van der Waals surface area contributed by atoms with Crippen molar-refractivity contribution in [2.75, 3.05) is 20.2 Å². The summed E-state index contributed by atoms with van der Waals surface area (Å²) in [7, 11) is -1.61. The van der Waals surface area contributed by atoms with Gasteiger partial charge in [-0.2, -0.15) is 0 Å². The molecule has 102 valence electrons. The van der Waals surface area contributed by atoms with Crippen LogP contribution in [0.3, 0.4) is 0 Å². The van der Waals surface area contributed by atoms with E-state index < -0.39 is 15.3 Å². The molecule has 5 nitrogen and oxygen atoms in total. The lowest BCUT2D eigenvalue weighted by molar-refractivity contribution is 0.0916. The molecule has 2 N–H and O–H groups in total. The Morgan fingerprint density at radius 1 is 1.41 bits per heavy atom. The van der Waals surface area contributed by atoms with Crippen LogP contribution in [-0.2, 0) is 14.8 Å². The standard InChI is InChI=1S/C11H24N2O3S/c1-4-12-8-9(2)17(14,15)13-10-6-5-7-11(10)16-3/h9-13H,4-8H2,1-3H3. The predicted molar refractivity (Wildman–Crippen MR) is 68.5 cm³/mol. The monoisotopic (exact) mass is 264 g/mol. The Morgan fingerprint density at radius 3 is 2.71 bits per heavy atom. The fourth-order valence-corrected chi connectivity index (χ4v) is 3.39. The molecule has 0 aromatic carbocycles. The number of hydrogen-bond donors (Lipinski definition) is 2. The average Bonchev–Trinajstić information content (AvgIpc) is 2.72. The van der Waals surface area contributed by atoms with Crippen LogP contribution >= 0.6 is 0 Å². The van der Waals surface area contributed by atoms with Crippen molar-refractivity contribution in [3.8, 4) is 0 Å². The summed E-state index contributed by atoms with van der Waals surface area (Å²) in [5, 5.41) is 2.64. The summed E-state index contributed by atoms with van der Waals surface area (Å²) in [6.45, 7) is 4.95. The van der Waals surface area contributed by atoms with E-state index >= 15 is 0 Å². The zero-order valence-electron chi connectivity index (χ0n) is 10.9. The molecule has 3 unspecified atom stereocenters. The molecular formula is C11H24N2O3S. The number of sulfonamides is 1. The second-order valence-corrected chi connectivity index (χ2v) is 6.72. The number of ether oxygens (including phenoxy) is 1. The maximum atomic E-state index is 12.0. The molecule has 1 aliphatic rings. The summed E-state index contributed by atoms with van der Waals surface area (Å²) in [5.41, 5.74) is 0. The Bertz CT molecular complexity index is 319. The Kier molecular flexibility index (Phi) is 5.85. The summed E-state index contributed by atoms with van der Waals surface area (Å²) < 4.78 is 32.2. The summed E-state index contributed by atoms with van der Waals surface area (Å²) in [4.78, 5) is 0. The van der Waals surface area contributed by atoms with Gasteiger partial charge in [-0.05, 0) is 32.7 Å². The maximum absolute atomic E-state index is 12.0. The molecule has 1 aliphatic carbocycles. The Hall–Kier alpha value is -0.170. The molecule has 0 saturated heterocycles. The lowest BCUT2D eigenvalue weighted by Crippen LogP contribution is -2.46. The van der Waals surface area contributed by atoms with Crippen LogP contribution < -0.4 is 10.0 Å². The molecule has 0 amide bonds. The van der Waals surface area contributed by atoms with Crippen molar-refractivity contribution in [3.05, 3.63) is 0 Å². The van der Waals surface area contributed by atoms with Crippen LogP contribution in [0.5, 0.6) is 0 Å². The molecule has 1 saturated carbocycles. The van der Waals surface area contributed by atoms with Crippen molar-refractivity contribution in [2.24, 2.45) is 0 Å². The zero-order valence-corrected chi connectivity index (χ0v) is 11.7. The zero-order chi connectivity index (χ0) is 12.9. The Labute approximate surface area is 104 Å². The van der Waals surface area contributed by atoms with Crippen molar-refractivity contribution in [3.63, 3.8) is 0 Å². The van der Waals surface area contributed by atoms with E-state index in [4.69, 9.17) is 4.74 Å². The van der Waals surface area contributed by atoms with Gasteiger partial charge in [-0.3, -0.25) is 0 Å². The molecule has 6 heteroatoms. The normalized spacial score (nSPS) is 27.2. The van der Waals surface area contributed by atoms with Crippen LogP contribution in [0.4, 0.5) is 0 Å². The van der Waals surface area contributed by atoms with Crippen LogP contribution in [0.2, 0.25) is 0 Å². The van der Waals surface area contributed by atoms with E-state index in [1.807, 2.05) is 6.92 Å². The molecule has 0 aromatic rings. The number of nitrogens with one attached hydrogen (secondary N) is 2. The van der Waals surface area contributed by atoms with Crippen molar-refractivity contribution in [2.45, 2.75) is 50.5 Å². The first kappa shape index (κ1) is 14.9. The Balaban J connectivity index is 2.53. The predicted octanol–water partition coefficient (Wildman–Crippen LogP) is 0.471. The molecular weight excluding hydrogens is 240 g/mol. The van der Waals surface area contributed by atoms with Crippen molar-refractivity contribution in [1.29, 1.82) is 0 Å². The maximum Gasteiger partial charge on any atom is 0.215 e. The van der Waals surface area contributed by atoms with Gasteiger partial charge >= 0.3 is 0 Å². The van der Waals surface area contributed by atoms with Crippen LogP contribution in [0, 0.1) is 0 Å². The van der Waals surface area contributed by atoms with E-state index in [1.54, 1.807) is 14.0 Å². The van der Waals surface area contributed by atoms with E-state index in [2.05, 4.69) is 10.0 Å². The number of methoxy groups -OCH3 is 1. The highest BCUT2D eigenvalue weighted by Gasteiger charge is 2.32. The van der Waals surface area contributed by atoms with Crippen LogP contribution in [0.1, 0.15) is 33.1 Å². The molecule has 0 aliphatic heterocycles. The number of rotatable bonds is 7. The minimum Gasteiger partial charge on any atom is -0.380 e. The third-order valence-corrected chi connectivity index (χ3v) is 5.14. The minimum absolute atomic E-state index is 0.0242. The van der Waals surface area contributed by atoms with Gasteiger partial charge in [0.1, 0.15) is 0 Å². The first-order valence-electron chi connectivity index (χ1n) is 6.26. The summed E-state index contributed by atoms with van der Waals surface area (Å²) in [6, 6.07) is -0.0610. The van der Waals surface area contributed by atoms with Crippen molar-refractivity contribution >= 4 is 10.0 Å². The third kappa shape index (κ3) is 4.21. The van der Waals surface area contributed by atoms with Crippen LogP contribution in [0.15, 0.2) is 0 Å². The lowest BCUT2D eigenvalue weighted by Gasteiger charge is -2.22. The molecule has 0 radical (unpaired) electrons. The van der Waals surface area contributed by atoms with Gasteiger partial charge in [0.25, 0.3) is 0 Å². The Morgan fingerprint density at radius 2 is 2.12 bits per heavy atom. The molecule has 1 rings (SSSR count). The van der Waals surface area contributed by atoms with Crippen LogP contribution in [0.25, 0.3) is 0 Å². The highest BCUT2D eigenvalue weighted by Crippen LogP contribution is 2.22. The van der Waals surface area contributed by atoms with E-state index in [-0.39, 0.29) is 12.1 Å². The first-order chi connectivity index (χ1) is 8.01. The number of hydrogen-bond acceptors (Lipinski definition) is 4. The van der Waals surface area contributed by atoms with Gasteiger partial charge in [-0.1, -0.05) is 6.92 Å². The van der Waals surface area contributed by atoms with Gasteiger partial charge in [0.2, 0.25) is 10.0 Å². The average molecular weight is 264 g/mol. The fraction of sp³-hybridized carbons (Fsp3) is 1.00. The third-order valence-electron chi connectivity index (χ3n) is 3.28. The van der Waals surface area contributed by atoms with E-state index in [0.29, 0.717) is 6.54 Å². The van der Waals surface area contributed by atoms with Gasteiger partial charge < -0.3 is 10.1 Å². The largest absolute Gasteiger partial charge is 0.380 e. The van der Waals surface area contributed by atoms with E-state index in [1.165, 1.54) is 0 Å². The summed E-state index contributed by atoms with van der Waals surface area (Å²) >= 11 is 0. The molecule has 1 fully saturated rings. The topological polar surface area (TPSA) is 67.4 Å². The quantitative estimate of drug-likeness (QED) is 0.701. The summed E-state index contributed by atoms with van der Waals surface area (Å²) in [6.07, 6.45) is 2.85. The van der Waals surface area contributed by atoms with Gasteiger partial charge in [-0.15, -0.1) is 0 Å². The highest BCUT2D eigenvalue weighted by atomic mass is 32.2. The van der Waals surface area contributed by atoms with Crippen LogP contribution in [-0.4, -0.2) is 46.0 Å². The van der Waals surface area contributed by atoms with Gasteiger partial charge in [0, 0.05) is 19.7 Å². The highest BCUT2D eigenvalue weighted by molar-refractivity contribution is 7.90. The molecule has 0 bridgehead atoms. The minimum atomic E-state index is -3.25. The van der Waals surface area contributed by atoms with Crippen molar-refractivity contribution < 1.29 is 13.2 Å². The van der Waals surface area contributed by atoms with Crippen molar-refractivity contribution in [1.82, 2.24) is 10.0 Å². The van der Waals surface area contributed by atoms with E-state index in [0.717, 1.165) is 25.8 Å². The lowest BCUT2D eigenvalue weighted by atomic mass is 10.2. The van der Waals surface area contributed by atoms with Gasteiger partial charge in [-0.25, -0.2) is 13.1 Å². The molecule has 0 heterocycles. The van der Waals surface area contributed by atoms with Gasteiger partial charge in [0.15, 0.2) is 0 Å². The second-order valence-electron chi connectivity index (χ2n) is 4.59. The molecule has 3 atom stereocenters. The van der Waals surface area contributed by atoms with Gasteiger partial charge in [0.05, 0.1) is 11.4 Å². The SMILES string of the molecule is CCNCC(C)S(=O)(=O)NC1CCCC1OC. The molecule has 17 heavy (non-hydrogen) atoms. The molecule has 0 spiro atoms. The first-order valence-corrected chi connectivity index (χ1v) is 7.80. The van der Waals surface area contributed by atoms with E-state index in [9.17, 15) is 8.42 Å². The molecule has 0 aromatic heterocycles. The summed E-state index contributed by atoms with van der Waals surface area (Å²) in [5.74, 6) is 0. The fourth-order valence-electron chi connectivity index (χ4n) is 2.13. The smallest absolute Gasteiger partial charge is 0.215 e.